The van der Waals surface area contributed by atoms with Crippen LogP contribution in [0.2, 0.25) is 0 Å². The molecule has 2 atom stereocenters. The van der Waals surface area contributed by atoms with Gasteiger partial charge in [0.05, 0.1) is 5.92 Å². The van der Waals surface area contributed by atoms with Gasteiger partial charge in [-0.1, -0.05) is 13.8 Å². The zero-order valence-corrected chi connectivity index (χ0v) is 11.9. The van der Waals surface area contributed by atoms with Crippen LogP contribution in [0.25, 0.3) is 0 Å². The Morgan fingerprint density at radius 3 is 2.90 bits per heavy atom. The van der Waals surface area contributed by atoms with Crippen molar-refractivity contribution in [1.82, 2.24) is 9.55 Å². The summed E-state index contributed by atoms with van der Waals surface area (Å²) in [5, 5.41) is 12.1. The Balaban J connectivity index is 2.07. The van der Waals surface area contributed by atoms with Crippen LogP contribution >= 0.6 is 0 Å². The summed E-state index contributed by atoms with van der Waals surface area (Å²) in [5.74, 6) is -0.364. The van der Waals surface area contributed by atoms with Crippen molar-refractivity contribution in [2.75, 3.05) is 5.32 Å². The first-order valence-corrected chi connectivity index (χ1v) is 7.02. The number of carboxylic acids is 1. The predicted octanol–water partition coefficient (Wildman–Crippen LogP) is 1.56. The monoisotopic (exact) mass is 279 g/mol. The third kappa shape index (κ3) is 3.37. The zero-order chi connectivity index (χ0) is 14.7. The van der Waals surface area contributed by atoms with E-state index in [4.69, 9.17) is 5.11 Å². The van der Waals surface area contributed by atoms with Crippen molar-refractivity contribution in [3.05, 3.63) is 22.7 Å². The highest BCUT2D eigenvalue weighted by molar-refractivity contribution is 5.70. The molecule has 0 unspecified atom stereocenters. The molecule has 0 aromatic carbocycles. The maximum absolute atomic E-state index is 12.2. The van der Waals surface area contributed by atoms with Gasteiger partial charge in [0.2, 0.25) is 0 Å². The molecule has 0 radical (unpaired) electrons. The topological polar surface area (TPSA) is 84.2 Å². The predicted molar refractivity (Wildman–Crippen MR) is 75.7 cm³/mol. The largest absolute Gasteiger partial charge is 0.481 e. The molecule has 0 bridgehead atoms. The van der Waals surface area contributed by atoms with Crippen molar-refractivity contribution in [3.63, 3.8) is 0 Å². The van der Waals surface area contributed by atoms with Crippen molar-refractivity contribution in [3.8, 4) is 0 Å². The van der Waals surface area contributed by atoms with Gasteiger partial charge in [-0.2, -0.15) is 0 Å². The Bertz CT molecular complexity index is 539. The third-order valence-corrected chi connectivity index (χ3v) is 3.60. The van der Waals surface area contributed by atoms with Gasteiger partial charge in [-0.15, -0.1) is 0 Å². The van der Waals surface area contributed by atoms with Crippen molar-refractivity contribution in [1.29, 1.82) is 0 Å². The average molecular weight is 279 g/mol. The summed E-state index contributed by atoms with van der Waals surface area (Å²) in [6.45, 7) is 4.75. The van der Waals surface area contributed by atoms with Crippen LogP contribution in [-0.2, 0) is 11.3 Å². The molecular weight excluding hydrogens is 258 g/mol. The smallest absolute Gasteiger partial charge is 0.306 e. The van der Waals surface area contributed by atoms with E-state index in [-0.39, 0.29) is 17.5 Å². The van der Waals surface area contributed by atoms with E-state index in [2.05, 4.69) is 10.3 Å². The minimum absolute atomic E-state index is 0.0196. The lowest BCUT2D eigenvalue weighted by Crippen LogP contribution is -2.29. The van der Waals surface area contributed by atoms with Crippen LogP contribution < -0.4 is 10.9 Å². The summed E-state index contributed by atoms with van der Waals surface area (Å²) < 4.78 is 1.64. The molecule has 1 aliphatic rings. The van der Waals surface area contributed by atoms with Crippen LogP contribution in [0.15, 0.2) is 17.2 Å². The zero-order valence-electron chi connectivity index (χ0n) is 11.9. The van der Waals surface area contributed by atoms with E-state index < -0.39 is 5.97 Å². The first-order valence-electron chi connectivity index (χ1n) is 7.02. The van der Waals surface area contributed by atoms with Gasteiger partial charge in [0.1, 0.15) is 0 Å². The van der Waals surface area contributed by atoms with E-state index in [1.54, 1.807) is 17.0 Å². The second kappa shape index (κ2) is 6.07. The van der Waals surface area contributed by atoms with E-state index in [0.29, 0.717) is 31.1 Å². The van der Waals surface area contributed by atoms with Gasteiger partial charge in [0.25, 0.3) is 5.56 Å². The Hall–Kier alpha value is -1.85. The van der Waals surface area contributed by atoms with Crippen LogP contribution in [-0.4, -0.2) is 26.7 Å². The molecule has 6 heteroatoms. The average Bonchev–Trinajstić information content (AvgIpc) is 2.82. The van der Waals surface area contributed by atoms with Crippen molar-refractivity contribution in [2.45, 2.75) is 45.7 Å². The van der Waals surface area contributed by atoms with Crippen LogP contribution in [0.1, 0.15) is 33.1 Å². The van der Waals surface area contributed by atoms with E-state index in [1.807, 2.05) is 13.8 Å². The number of anilines is 1. The number of rotatable bonds is 5. The van der Waals surface area contributed by atoms with Crippen molar-refractivity contribution >= 4 is 11.8 Å². The van der Waals surface area contributed by atoms with Gasteiger partial charge in [-0.05, 0) is 25.2 Å². The normalized spacial score (nSPS) is 22.1. The fraction of sp³-hybridized carbons (Fsp3) is 0.643. The molecule has 1 aromatic rings. The number of aliphatic carboxylic acids is 1. The number of nitrogens with one attached hydrogen (secondary N) is 1. The highest BCUT2D eigenvalue weighted by Gasteiger charge is 2.30. The number of hydrogen-bond donors (Lipinski definition) is 2. The summed E-state index contributed by atoms with van der Waals surface area (Å²) in [4.78, 5) is 27.2. The molecule has 1 heterocycles. The van der Waals surface area contributed by atoms with Crippen LogP contribution in [0, 0.1) is 11.8 Å². The second-order valence-corrected chi connectivity index (χ2v) is 5.82. The lowest BCUT2D eigenvalue weighted by molar-refractivity contribution is -0.141. The van der Waals surface area contributed by atoms with Gasteiger partial charge in [0.15, 0.2) is 5.82 Å². The Morgan fingerprint density at radius 1 is 1.55 bits per heavy atom. The summed E-state index contributed by atoms with van der Waals surface area (Å²) in [7, 11) is 0. The van der Waals surface area contributed by atoms with Gasteiger partial charge in [0, 0.05) is 25.0 Å². The SMILES string of the molecule is CC(C)Cn1ccnc(N[C@H]2CC[C@@H](C(=O)O)C2)c1=O. The fourth-order valence-corrected chi connectivity index (χ4v) is 2.61. The number of hydrogen-bond acceptors (Lipinski definition) is 4. The molecular formula is C14H21N3O3. The van der Waals surface area contributed by atoms with E-state index >= 15 is 0 Å². The summed E-state index contributed by atoms with van der Waals surface area (Å²) >= 11 is 0. The summed E-state index contributed by atoms with van der Waals surface area (Å²) in [6, 6.07) is 0.0196. The minimum Gasteiger partial charge on any atom is -0.481 e. The van der Waals surface area contributed by atoms with Crippen LogP contribution in [0.4, 0.5) is 5.82 Å². The molecule has 6 nitrogen and oxygen atoms in total. The van der Waals surface area contributed by atoms with Crippen molar-refractivity contribution < 1.29 is 9.90 Å². The Labute approximate surface area is 117 Å². The van der Waals surface area contributed by atoms with Crippen LogP contribution in [0.5, 0.6) is 0 Å². The standard InChI is InChI=1S/C14H21N3O3/c1-9(2)8-17-6-5-15-12(13(17)18)16-11-4-3-10(7-11)14(19)20/h5-6,9-11H,3-4,7-8H2,1-2H3,(H,15,16)(H,19,20)/t10-,11+/m1/s1. The lowest BCUT2D eigenvalue weighted by atomic mass is 10.1. The molecule has 20 heavy (non-hydrogen) atoms. The first-order chi connectivity index (χ1) is 9.47. The third-order valence-electron chi connectivity index (χ3n) is 3.60. The molecule has 2 rings (SSSR count). The highest BCUT2D eigenvalue weighted by Crippen LogP contribution is 2.27. The molecule has 0 amide bonds. The van der Waals surface area contributed by atoms with E-state index in [0.717, 1.165) is 6.42 Å². The summed E-state index contributed by atoms with van der Waals surface area (Å²) in [6.07, 6.45) is 5.25. The number of carbonyl (C=O) groups is 1. The molecule has 2 N–H and O–H groups in total. The maximum atomic E-state index is 12.2. The minimum atomic E-state index is -0.757. The quantitative estimate of drug-likeness (QED) is 0.854. The van der Waals surface area contributed by atoms with Gasteiger partial charge in [-0.25, -0.2) is 4.98 Å². The number of carboxylic acid groups (broad SMARTS) is 1. The molecule has 1 aromatic heterocycles. The number of nitrogens with zero attached hydrogens (tertiary/aromatic N) is 2. The van der Waals surface area contributed by atoms with Crippen LogP contribution in [0.3, 0.4) is 0 Å². The second-order valence-electron chi connectivity index (χ2n) is 5.82. The Kier molecular flexibility index (Phi) is 4.42. The summed E-state index contributed by atoms with van der Waals surface area (Å²) in [5.41, 5.74) is -0.139. The molecule has 0 spiro atoms. The van der Waals surface area contributed by atoms with E-state index in [9.17, 15) is 9.59 Å². The molecule has 1 aliphatic carbocycles. The molecule has 1 fully saturated rings. The van der Waals surface area contributed by atoms with E-state index in [1.165, 1.54) is 0 Å². The lowest BCUT2D eigenvalue weighted by Gasteiger charge is -2.14. The highest BCUT2D eigenvalue weighted by atomic mass is 16.4. The van der Waals surface area contributed by atoms with Crippen molar-refractivity contribution in [2.24, 2.45) is 11.8 Å². The number of aromatic nitrogens is 2. The molecule has 1 saturated carbocycles. The van der Waals surface area contributed by atoms with Gasteiger partial charge >= 0.3 is 5.97 Å². The van der Waals surface area contributed by atoms with Gasteiger partial charge < -0.3 is 15.0 Å². The first kappa shape index (κ1) is 14.6. The fourth-order valence-electron chi connectivity index (χ4n) is 2.61. The van der Waals surface area contributed by atoms with Gasteiger partial charge in [-0.3, -0.25) is 9.59 Å². The Morgan fingerprint density at radius 2 is 2.30 bits per heavy atom. The maximum Gasteiger partial charge on any atom is 0.306 e. The molecule has 110 valence electrons. The molecule has 0 aliphatic heterocycles. The molecule has 0 saturated heterocycles.